The van der Waals surface area contributed by atoms with Gasteiger partial charge in [-0.3, -0.25) is 9.79 Å². The van der Waals surface area contributed by atoms with Gasteiger partial charge in [0, 0.05) is 41.7 Å². The molecule has 3 heterocycles. The monoisotopic (exact) mass is 525 g/mol. The summed E-state index contributed by atoms with van der Waals surface area (Å²) in [6, 6.07) is 7.08. The molecule has 1 aliphatic heterocycles. The van der Waals surface area contributed by atoms with E-state index in [0.717, 1.165) is 27.2 Å². The highest BCUT2D eigenvalue weighted by Crippen LogP contribution is 2.41. The molecule has 0 aliphatic carbocycles. The number of fused-ring (bicyclic) bond motifs is 5. The smallest absolute Gasteiger partial charge is 0.407 e. The minimum absolute atomic E-state index is 0.171. The quantitative estimate of drug-likeness (QED) is 0.352. The number of carbonyl (C=O) groups excluding carboxylic acids is 2. The van der Waals surface area contributed by atoms with Crippen LogP contribution in [0.5, 0.6) is 0 Å². The maximum Gasteiger partial charge on any atom is 0.407 e. The van der Waals surface area contributed by atoms with Crippen molar-refractivity contribution in [3.8, 4) is 0 Å². The van der Waals surface area contributed by atoms with Crippen molar-refractivity contribution < 1.29 is 18.7 Å². The van der Waals surface area contributed by atoms with E-state index in [1.54, 1.807) is 26.8 Å². The van der Waals surface area contributed by atoms with Crippen molar-refractivity contribution >= 4 is 68.5 Å². The number of hydrogen-bond donors (Lipinski definition) is 4. The lowest BCUT2D eigenvalue weighted by atomic mass is 10.1. The molecule has 4 N–H and O–H groups in total. The van der Waals surface area contributed by atoms with Crippen molar-refractivity contribution in [3.63, 3.8) is 0 Å². The van der Waals surface area contributed by atoms with E-state index in [1.165, 1.54) is 18.4 Å². The lowest BCUT2D eigenvalue weighted by molar-refractivity contribution is 0.0521. The number of aromatic nitrogens is 1. The number of aliphatic imine (C=N–C) groups is 2. The van der Waals surface area contributed by atoms with E-state index < -0.39 is 17.7 Å². The predicted octanol–water partition coefficient (Wildman–Crippen LogP) is 4.45. The molecule has 2 amide bonds. The van der Waals surface area contributed by atoms with Gasteiger partial charge in [-0.2, -0.15) is 4.39 Å². The Bertz CT molecular complexity index is 1440. The van der Waals surface area contributed by atoms with E-state index in [9.17, 15) is 14.0 Å². The molecule has 0 bridgehead atoms. The molecule has 1 aliphatic rings. The number of benzene rings is 1. The molecular weight excluding hydrogens is 497 g/mol. The Morgan fingerprint density at radius 1 is 1.35 bits per heavy atom. The zero-order valence-electron chi connectivity index (χ0n) is 20.9. The summed E-state index contributed by atoms with van der Waals surface area (Å²) in [5.74, 6) is -0.287. The number of allylic oxidation sites excluding steroid dienone is 1. The Kier molecular flexibility index (Phi) is 7.39. The van der Waals surface area contributed by atoms with Crippen molar-refractivity contribution in [1.82, 2.24) is 15.6 Å². The zero-order chi connectivity index (χ0) is 26.7. The highest BCUT2D eigenvalue weighted by Gasteiger charge is 2.27. The van der Waals surface area contributed by atoms with Crippen LogP contribution in [0, 0.1) is 0 Å². The van der Waals surface area contributed by atoms with E-state index in [0.29, 0.717) is 22.8 Å². The number of carbonyl (C=O) groups is 2. The number of anilines is 2. The molecule has 12 heteroatoms. The third-order valence-corrected chi connectivity index (χ3v) is 6.53. The fourth-order valence-corrected chi connectivity index (χ4v) is 4.90. The van der Waals surface area contributed by atoms with Crippen LogP contribution in [0.25, 0.3) is 21.0 Å². The molecule has 4 rings (SSSR count). The molecule has 194 valence electrons. The highest BCUT2D eigenvalue weighted by atomic mass is 32.1. The predicted molar refractivity (Wildman–Crippen MR) is 147 cm³/mol. The number of rotatable bonds is 6. The van der Waals surface area contributed by atoms with Gasteiger partial charge in [0.05, 0.1) is 17.2 Å². The summed E-state index contributed by atoms with van der Waals surface area (Å²) in [5.41, 5.74) is 0.795. The molecule has 1 aromatic carbocycles. The SMILES string of the molecule is C=N/C(=C\C(F)=N/C)Nc1ccc2c(ccc3sc4c(c32)NC[C@@H](CNC(=O)OC(C)(C)C)NC4=O)n1. The maximum absolute atomic E-state index is 13.5. The Morgan fingerprint density at radius 3 is 2.84 bits per heavy atom. The molecule has 0 saturated heterocycles. The first-order chi connectivity index (χ1) is 17.6. The maximum atomic E-state index is 13.5. The van der Waals surface area contributed by atoms with Gasteiger partial charge < -0.3 is 26.0 Å². The second kappa shape index (κ2) is 10.5. The first-order valence-electron chi connectivity index (χ1n) is 11.5. The standard InChI is InChI=1S/C25H28FN7O3S/c1-25(2,3)36-24(35)30-12-13-11-29-21-20-14-6-9-18(33-19(28-5)10-17(26)27-4)32-15(14)7-8-16(20)37-22(21)23(34)31-13/h6-10,13,29H,5,11-12H2,1-4H3,(H,30,35)(H,31,34)(H,32,33)/b19-10+,27-17+/t13-/m0/s1. The van der Waals surface area contributed by atoms with Crippen LogP contribution in [-0.2, 0) is 4.74 Å². The molecule has 2 aromatic heterocycles. The Labute approximate surface area is 217 Å². The van der Waals surface area contributed by atoms with Crippen LogP contribution in [-0.4, -0.2) is 61.4 Å². The van der Waals surface area contributed by atoms with Crippen LogP contribution < -0.4 is 21.3 Å². The molecule has 1 atom stereocenters. The van der Waals surface area contributed by atoms with Crippen molar-refractivity contribution in [2.75, 3.05) is 30.8 Å². The second-order valence-corrected chi connectivity index (χ2v) is 10.4. The molecule has 10 nitrogen and oxygen atoms in total. The van der Waals surface area contributed by atoms with Crippen LogP contribution in [0.1, 0.15) is 30.4 Å². The van der Waals surface area contributed by atoms with Crippen molar-refractivity contribution in [2.24, 2.45) is 9.98 Å². The Balaban J connectivity index is 1.58. The van der Waals surface area contributed by atoms with E-state index in [-0.39, 0.29) is 24.3 Å². The lowest BCUT2D eigenvalue weighted by Crippen LogP contribution is -2.46. The minimum atomic E-state index is -0.692. The zero-order valence-corrected chi connectivity index (χ0v) is 21.8. The molecule has 0 saturated carbocycles. The van der Waals surface area contributed by atoms with E-state index in [2.05, 4.69) is 43.0 Å². The van der Waals surface area contributed by atoms with E-state index in [4.69, 9.17) is 4.74 Å². The summed E-state index contributed by atoms with van der Waals surface area (Å²) in [7, 11) is 1.34. The summed E-state index contributed by atoms with van der Waals surface area (Å²) in [6.07, 6.45) is 0.583. The van der Waals surface area contributed by atoms with Crippen LogP contribution >= 0.6 is 11.3 Å². The number of alkyl carbamates (subject to hydrolysis) is 1. The normalized spacial score (nSPS) is 16.5. The first kappa shape index (κ1) is 26.0. The van der Waals surface area contributed by atoms with Gasteiger partial charge in [0.15, 0.2) is 0 Å². The van der Waals surface area contributed by atoms with Crippen molar-refractivity contribution in [1.29, 1.82) is 0 Å². The summed E-state index contributed by atoms with van der Waals surface area (Å²) in [5, 5.41) is 13.7. The Morgan fingerprint density at radius 2 is 2.14 bits per heavy atom. The number of amides is 2. The molecule has 3 aromatic rings. The van der Waals surface area contributed by atoms with Gasteiger partial charge in [0.2, 0.25) is 5.97 Å². The highest BCUT2D eigenvalue weighted by molar-refractivity contribution is 7.21. The van der Waals surface area contributed by atoms with Gasteiger partial charge in [0.25, 0.3) is 5.91 Å². The van der Waals surface area contributed by atoms with Crippen molar-refractivity contribution in [2.45, 2.75) is 32.4 Å². The van der Waals surface area contributed by atoms with Gasteiger partial charge in [-0.05, 0) is 51.8 Å². The largest absolute Gasteiger partial charge is 0.444 e. The van der Waals surface area contributed by atoms with Crippen LogP contribution in [0.15, 0.2) is 46.1 Å². The van der Waals surface area contributed by atoms with Gasteiger partial charge in [-0.1, -0.05) is 0 Å². The Hall–Kier alpha value is -4.06. The third-order valence-electron chi connectivity index (χ3n) is 5.38. The summed E-state index contributed by atoms with van der Waals surface area (Å²) in [4.78, 5) is 37.5. The topological polar surface area (TPSA) is 129 Å². The van der Waals surface area contributed by atoms with Gasteiger partial charge >= 0.3 is 6.09 Å². The van der Waals surface area contributed by atoms with Gasteiger partial charge in [-0.25, -0.2) is 14.8 Å². The van der Waals surface area contributed by atoms with Crippen LogP contribution in [0.3, 0.4) is 0 Å². The molecule has 0 spiro atoms. The van der Waals surface area contributed by atoms with Crippen LogP contribution in [0.4, 0.5) is 20.7 Å². The molecule has 37 heavy (non-hydrogen) atoms. The molecular formula is C25H28FN7O3S. The molecule has 0 unspecified atom stereocenters. The number of pyridine rings is 1. The van der Waals surface area contributed by atoms with Gasteiger partial charge in [-0.15, -0.1) is 11.3 Å². The number of ether oxygens (including phenoxy) is 1. The molecule has 0 fully saturated rings. The number of hydrogen-bond acceptors (Lipinski definition) is 9. The third kappa shape index (κ3) is 6.02. The number of thiophene rings is 1. The van der Waals surface area contributed by atoms with E-state index >= 15 is 0 Å². The average molecular weight is 526 g/mol. The van der Waals surface area contributed by atoms with E-state index in [1.807, 2.05) is 18.2 Å². The summed E-state index contributed by atoms with van der Waals surface area (Å²) in [6.45, 7) is 9.43. The fourth-order valence-electron chi connectivity index (χ4n) is 3.80. The molecule has 0 radical (unpaired) electrons. The lowest BCUT2D eigenvalue weighted by Gasteiger charge is -2.22. The second-order valence-electron chi connectivity index (χ2n) is 9.30. The number of nitrogens with zero attached hydrogens (tertiary/aromatic N) is 3. The van der Waals surface area contributed by atoms with Crippen LogP contribution in [0.2, 0.25) is 0 Å². The van der Waals surface area contributed by atoms with Crippen molar-refractivity contribution in [3.05, 3.63) is 41.0 Å². The average Bonchev–Trinajstić information content (AvgIpc) is 3.15. The van der Waals surface area contributed by atoms with Gasteiger partial charge in [0.1, 0.15) is 22.1 Å². The number of halogens is 1. The first-order valence-corrected chi connectivity index (χ1v) is 12.3. The summed E-state index contributed by atoms with van der Waals surface area (Å²) < 4.78 is 19.7. The minimum Gasteiger partial charge on any atom is -0.444 e. The fraction of sp³-hybridized carbons (Fsp3) is 0.320. The summed E-state index contributed by atoms with van der Waals surface area (Å²) >= 11 is 1.38. The number of nitrogens with one attached hydrogen (secondary N) is 4.